The minimum absolute atomic E-state index is 0.108. The first-order chi connectivity index (χ1) is 18.5. The van der Waals surface area contributed by atoms with Gasteiger partial charge in [0.25, 0.3) is 0 Å². The molecule has 2 aromatic heterocycles. The summed E-state index contributed by atoms with van der Waals surface area (Å²) in [5.74, 6) is -2.12. The lowest BCUT2D eigenvalue weighted by Crippen LogP contribution is -2.14. The highest BCUT2D eigenvalue weighted by Gasteiger charge is 2.29. The molecule has 1 aliphatic carbocycles. The molecule has 0 spiro atoms. The number of benzene rings is 2. The molecule has 0 saturated heterocycles. The molecule has 0 unspecified atom stereocenters. The Kier molecular flexibility index (Phi) is 7.19. The standard InChI is InChI=1S/C27H24F2N4O4S2/c1-2-3-17-13-18(7-8-20(17)28)25-19(10-16-6-9-24(21(29)11-16)39(30,36)37)23(12-15-4-5-15)33(32-25)27-31-22(14-38-27)26(34)35/h2-3,6-9,11,13-15H,4-5,10,12H2,1H3,(H,34,35)(H2,30,36,37)/b3-2+. The van der Waals surface area contributed by atoms with Crippen LogP contribution in [0.2, 0.25) is 0 Å². The molecule has 0 aliphatic heterocycles. The van der Waals surface area contributed by atoms with Gasteiger partial charge in [-0.05, 0) is 68.0 Å². The third-order valence-corrected chi connectivity index (χ3v) is 8.22. The number of nitrogens with zero attached hydrogens (tertiary/aromatic N) is 3. The molecule has 1 aliphatic rings. The van der Waals surface area contributed by atoms with E-state index in [1.54, 1.807) is 35.9 Å². The monoisotopic (exact) mass is 570 g/mol. The van der Waals surface area contributed by atoms with Gasteiger partial charge in [0.15, 0.2) is 5.69 Å². The van der Waals surface area contributed by atoms with Crippen LogP contribution in [0.4, 0.5) is 8.78 Å². The largest absolute Gasteiger partial charge is 0.476 e. The van der Waals surface area contributed by atoms with Crippen molar-refractivity contribution in [3.05, 3.63) is 87.6 Å². The van der Waals surface area contributed by atoms with Gasteiger partial charge in [-0.25, -0.2) is 36.8 Å². The number of aromatic nitrogens is 3. The van der Waals surface area contributed by atoms with Crippen molar-refractivity contribution in [3.63, 3.8) is 0 Å². The fourth-order valence-electron chi connectivity index (χ4n) is 4.41. The smallest absolute Gasteiger partial charge is 0.355 e. The Labute approximate surface area is 227 Å². The highest BCUT2D eigenvalue weighted by Crippen LogP contribution is 2.38. The Hall–Kier alpha value is -3.74. The number of carboxylic acids is 1. The van der Waals surface area contributed by atoms with E-state index in [9.17, 15) is 27.1 Å². The first kappa shape index (κ1) is 26.9. The molecule has 4 aromatic rings. The zero-order valence-electron chi connectivity index (χ0n) is 20.8. The van der Waals surface area contributed by atoms with Gasteiger partial charge in [0.2, 0.25) is 15.2 Å². The summed E-state index contributed by atoms with van der Waals surface area (Å²) < 4.78 is 54.2. The molecule has 12 heteroatoms. The summed E-state index contributed by atoms with van der Waals surface area (Å²) in [6, 6.07) is 8.37. The Morgan fingerprint density at radius 3 is 2.59 bits per heavy atom. The van der Waals surface area contributed by atoms with E-state index in [1.165, 1.54) is 17.5 Å². The van der Waals surface area contributed by atoms with E-state index in [0.29, 0.717) is 39.9 Å². The molecule has 5 rings (SSSR count). The van der Waals surface area contributed by atoms with E-state index in [0.717, 1.165) is 47.6 Å². The minimum atomic E-state index is -4.23. The molecule has 1 saturated carbocycles. The number of halogens is 2. The fourth-order valence-corrected chi connectivity index (χ4v) is 5.77. The first-order valence-corrected chi connectivity index (χ1v) is 14.5. The van der Waals surface area contributed by atoms with Gasteiger partial charge in [0.05, 0.1) is 11.4 Å². The van der Waals surface area contributed by atoms with Gasteiger partial charge >= 0.3 is 5.97 Å². The average molecular weight is 571 g/mol. The predicted molar refractivity (Wildman–Crippen MR) is 143 cm³/mol. The van der Waals surface area contributed by atoms with Crippen molar-refractivity contribution in [1.29, 1.82) is 0 Å². The van der Waals surface area contributed by atoms with Gasteiger partial charge in [-0.15, -0.1) is 11.3 Å². The number of allylic oxidation sites excluding steroid dienone is 1. The molecule has 39 heavy (non-hydrogen) atoms. The lowest BCUT2D eigenvalue weighted by Gasteiger charge is -2.10. The van der Waals surface area contributed by atoms with Crippen LogP contribution in [-0.2, 0) is 22.9 Å². The first-order valence-electron chi connectivity index (χ1n) is 12.1. The second kappa shape index (κ2) is 10.4. The van der Waals surface area contributed by atoms with Gasteiger partial charge in [-0.3, -0.25) is 0 Å². The van der Waals surface area contributed by atoms with Crippen molar-refractivity contribution in [2.75, 3.05) is 0 Å². The second-order valence-electron chi connectivity index (χ2n) is 9.38. The summed E-state index contributed by atoms with van der Waals surface area (Å²) in [6.07, 6.45) is 6.23. The van der Waals surface area contributed by atoms with Crippen LogP contribution in [0.15, 0.2) is 52.7 Å². The van der Waals surface area contributed by atoms with Crippen LogP contribution in [0.1, 0.15) is 52.6 Å². The molecule has 2 aromatic carbocycles. The van der Waals surface area contributed by atoms with E-state index in [4.69, 9.17) is 10.2 Å². The van der Waals surface area contributed by atoms with Crippen LogP contribution < -0.4 is 5.14 Å². The number of thiazole rings is 1. The molecule has 2 heterocycles. The quantitative estimate of drug-likeness (QED) is 0.285. The van der Waals surface area contributed by atoms with E-state index in [-0.39, 0.29) is 12.1 Å². The SMILES string of the molecule is C/C=C/c1cc(-c2nn(-c3nc(C(=O)O)cs3)c(CC3CC3)c2Cc2ccc(S(N)(=O)=O)c(F)c2)ccc1F. The van der Waals surface area contributed by atoms with E-state index in [2.05, 4.69) is 4.98 Å². The van der Waals surface area contributed by atoms with Crippen molar-refractivity contribution in [2.24, 2.45) is 11.1 Å². The number of hydrogen-bond donors (Lipinski definition) is 2. The van der Waals surface area contributed by atoms with Gasteiger partial charge in [0, 0.05) is 28.5 Å². The maximum Gasteiger partial charge on any atom is 0.355 e. The summed E-state index contributed by atoms with van der Waals surface area (Å²) in [4.78, 5) is 15.1. The van der Waals surface area contributed by atoms with Crippen LogP contribution >= 0.6 is 11.3 Å². The van der Waals surface area contributed by atoms with Crippen molar-refractivity contribution in [1.82, 2.24) is 14.8 Å². The Bertz CT molecular complexity index is 1720. The summed E-state index contributed by atoms with van der Waals surface area (Å²) in [6.45, 7) is 1.78. The molecule has 1 fully saturated rings. The van der Waals surface area contributed by atoms with E-state index < -0.39 is 32.5 Å². The summed E-state index contributed by atoms with van der Waals surface area (Å²) >= 11 is 1.13. The lowest BCUT2D eigenvalue weighted by molar-refractivity contribution is 0.0691. The molecular formula is C27H24F2N4O4S2. The molecule has 0 atom stereocenters. The maximum atomic E-state index is 14.7. The Morgan fingerprint density at radius 1 is 1.21 bits per heavy atom. The summed E-state index contributed by atoms with van der Waals surface area (Å²) in [5, 5.41) is 21.1. The lowest BCUT2D eigenvalue weighted by atomic mass is 9.96. The van der Waals surface area contributed by atoms with Crippen LogP contribution in [0.3, 0.4) is 0 Å². The number of hydrogen-bond acceptors (Lipinski definition) is 6. The Balaban J connectivity index is 1.70. The van der Waals surface area contributed by atoms with Crippen molar-refractivity contribution in [3.8, 4) is 16.4 Å². The number of aromatic carboxylic acids is 1. The van der Waals surface area contributed by atoms with Gasteiger partial charge < -0.3 is 5.11 Å². The maximum absolute atomic E-state index is 14.7. The van der Waals surface area contributed by atoms with Crippen LogP contribution in [0, 0.1) is 17.6 Å². The highest BCUT2D eigenvalue weighted by atomic mass is 32.2. The number of carboxylic acid groups (broad SMARTS) is 1. The van der Waals surface area contributed by atoms with Crippen LogP contribution in [0.5, 0.6) is 0 Å². The highest BCUT2D eigenvalue weighted by molar-refractivity contribution is 7.89. The Morgan fingerprint density at radius 2 is 1.97 bits per heavy atom. The number of primary sulfonamides is 1. The van der Waals surface area contributed by atoms with Crippen LogP contribution in [0.25, 0.3) is 22.5 Å². The second-order valence-corrected chi connectivity index (χ2v) is 11.7. The molecule has 202 valence electrons. The third kappa shape index (κ3) is 5.68. The van der Waals surface area contributed by atoms with Gasteiger partial charge in [0.1, 0.15) is 16.5 Å². The molecule has 0 radical (unpaired) electrons. The average Bonchev–Trinajstić information content (AvgIpc) is 3.43. The van der Waals surface area contributed by atoms with Crippen molar-refractivity contribution >= 4 is 33.4 Å². The molecule has 3 N–H and O–H groups in total. The van der Waals surface area contributed by atoms with E-state index in [1.807, 2.05) is 0 Å². The molecular weight excluding hydrogens is 546 g/mol. The third-order valence-electron chi connectivity index (χ3n) is 6.46. The van der Waals surface area contributed by atoms with Crippen molar-refractivity contribution < 1.29 is 27.1 Å². The van der Waals surface area contributed by atoms with Crippen molar-refractivity contribution in [2.45, 2.75) is 37.5 Å². The summed E-state index contributed by atoms with van der Waals surface area (Å²) in [5.41, 5.74) is 3.39. The molecule has 8 nitrogen and oxygen atoms in total. The molecule has 0 bridgehead atoms. The minimum Gasteiger partial charge on any atom is -0.476 e. The number of nitrogens with two attached hydrogens (primary N) is 1. The van der Waals surface area contributed by atoms with Crippen LogP contribution in [-0.4, -0.2) is 34.3 Å². The number of rotatable bonds is 9. The summed E-state index contributed by atoms with van der Waals surface area (Å²) in [7, 11) is -4.23. The number of carbonyl (C=O) groups is 1. The topological polar surface area (TPSA) is 128 Å². The zero-order chi connectivity index (χ0) is 27.9. The van der Waals surface area contributed by atoms with Gasteiger partial charge in [-0.1, -0.05) is 18.2 Å². The normalized spacial score (nSPS) is 13.8. The number of sulfonamides is 1. The fraction of sp³-hybridized carbons (Fsp3) is 0.222. The predicted octanol–water partition coefficient (Wildman–Crippen LogP) is 5.20. The molecule has 0 amide bonds. The zero-order valence-corrected chi connectivity index (χ0v) is 22.4. The van der Waals surface area contributed by atoms with E-state index >= 15 is 0 Å². The van der Waals surface area contributed by atoms with Gasteiger partial charge in [-0.2, -0.15) is 5.10 Å².